The molecule has 13 nitrogen and oxygen atoms in total. The van der Waals surface area contributed by atoms with Crippen LogP contribution in [0.4, 0.5) is 0 Å². The van der Waals surface area contributed by atoms with E-state index in [1.54, 1.807) is 0 Å². The zero-order valence-electron chi connectivity index (χ0n) is 25.0. The summed E-state index contributed by atoms with van der Waals surface area (Å²) in [5.41, 5.74) is 0. The number of carbonyl (C=O) groups is 2. The minimum atomic E-state index is -1.49. The third-order valence-electron chi connectivity index (χ3n) is 8.53. The number of aliphatic hydroxyl groups excluding tert-OH is 3. The van der Waals surface area contributed by atoms with Gasteiger partial charge in [0.15, 0.2) is 12.4 Å². The lowest BCUT2D eigenvalue weighted by atomic mass is 9.82. The van der Waals surface area contributed by atoms with Crippen LogP contribution >= 0.6 is 0 Å². The van der Waals surface area contributed by atoms with E-state index in [0.29, 0.717) is 6.42 Å². The van der Waals surface area contributed by atoms with Crippen LogP contribution in [0.1, 0.15) is 48.0 Å². The van der Waals surface area contributed by atoms with Crippen LogP contribution in [-0.2, 0) is 28.5 Å². The molecule has 2 aliphatic heterocycles. The highest BCUT2D eigenvalue weighted by Gasteiger charge is 2.48. The van der Waals surface area contributed by atoms with Crippen molar-refractivity contribution in [3.8, 4) is 0 Å². The zero-order valence-corrected chi connectivity index (χ0v) is 25.0. The molecular weight excluding hydrogens is 528 g/mol. The maximum absolute atomic E-state index is 11.6. The molecule has 0 aliphatic carbocycles. The van der Waals surface area contributed by atoms with Crippen molar-refractivity contribution < 1.29 is 58.6 Å². The van der Waals surface area contributed by atoms with Crippen LogP contribution in [0.25, 0.3) is 0 Å². The number of aliphatic hydroxyl groups is 3. The number of hydrogen-bond acceptors (Lipinski definition) is 10. The van der Waals surface area contributed by atoms with Crippen molar-refractivity contribution in [2.45, 2.75) is 96.9 Å². The Labute approximate surface area is 237 Å². The van der Waals surface area contributed by atoms with Gasteiger partial charge in [-0.2, -0.15) is 0 Å². The SMILES string of the molecule is CCC1C(O)C(C[O-])OC(COCC2C(C(=O)O)OC(OC)C(O)C2O)C1NC(C)=O.CC[N+](CC)(CC)CC. The summed E-state index contributed by atoms with van der Waals surface area (Å²) in [6.07, 6.45) is -8.09. The molecule has 2 heterocycles. The number of nitrogens with one attached hydrogen (secondary N) is 1. The quantitative estimate of drug-likeness (QED) is 0.163. The van der Waals surface area contributed by atoms with E-state index in [-0.39, 0.29) is 19.1 Å². The van der Waals surface area contributed by atoms with Crippen LogP contribution in [0.3, 0.4) is 0 Å². The summed E-state index contributed by atoms with van der Waals surface area (Å²) in [5, 5.41) is 54.4. The number of methoxy groups -OCH3 is 1. The molecule has 10 unspecified atom stereocenters. The van der Waals surface area contributed by atoms with Crippen molar-refractivity contribution in [2.24, 2.45) is 11.8 Å². The van der Waals surface area contributed by atoms with E-state index in [1.165, 1.54) is 44.7 Å². The largest absolute Gasteiger partial charge is 0.853 e. The zero-order chi connectivity index (χ0) is 30.6. The molecular formula is C27H52N2O11. The van der Waals surface area contributed by atoms with Crippen molar-refractivity contribution in [2.75, 3.05) is 53.1 Å². The molecule has 40 heavy (non-hydrogen) atoms. The summed E-state index contributed by atoms with van der Waals surface area (Å²) in [4.78, 5) is 23.2. The van der Waals surface area contributed by atoms with Crippen molar-refractivity contribution in [3.63, 3.8) is 0 Å². The molecule has 1 amide bonds. The molecule has 0 saturated carbocycles. The highest BCUT2D eigenvalue weighted by Crippen LogP contribution is 2.30. The molecule has 0 spiro atoms. The van der Waals surface area contributed by atoms with E-state index in [0.717, 1.165) is 0 Å². The predicted molar refractivity (Wildman–Crippen MR) is 143 cm³/mol. The first-order valence-corrected chi connectivity index (χ1v) is 14.3. The minimum absolute atomic E-state index is 0.149. The second kappa shape index (κ2) is 17.5. The Bertz CT molecular complexity index is 736. The first-order chi connectivity index (χ1) is 18.9. The van der Waals surface area contributed by atoms with Crippen LogP contribution in [0.15, 0.2) is 0 Å². The number of nitrogens with zero attached hydrogens (tertiary/aromatic N) is 1. The van der Waals surface area contributed by atoms with Crippen molar-refractivity contribution >= 4 is 11.9 Å². The Balaban J connectivity index is 0.000000763. The van der Waals surface area contributed by atoms with Gasteiger partial charge in [-0.25, -0.2) is 4.79 Å². The Morgan fingerprint density at radius 3 is 1.85 bits per heavy atom. The Morgan fingerprint density at radius 2 is 1.45 bits per heavy atom. The van der Waals surface area contributed by atoms with Crippen LogP contribution < -0.4 is 10.4 Å². The number of hydrogen-bond donors (Lipinski definition) is 5. The topological polar surface area (TPSA) is 187 Å². The summed E-state index contributed by atoms with van der Waals surface area (Å²) < 4.78 is 22.6. The first kappa shape index (κ1) is 36.6. The minimum Gasteiger partial charge on any atom is -0.853 e. The standard InChI is InChI=1S/C19H32NO11.C8H20N/c1-4-9-13(20-8(2)22)12(30-11(5-21)14(9)23)7-29-6-10-15(24)16(25)19(28-3)31-17(10)18(26)27;1-5-9(6-2,7-3)8-4/h9-17,19,23-25H,4-7H2,1-3H3,(H,20,22)(H,26,27);5-8H2,1-4H3/q-1;+1. The van der Waals surface area contributed by atoms with E-state index < -0.39 is 73.4 Å². The predicted octanol–water partition coefficient (Wildman–Crippen LogP) is -1.30. The second-order valence-corrected chi connectivity index (χ2v) is 10.5. The van der Waals surface area contributed by atoms with E-state index in [1.807, 2.05) is 6.92 Å². The van der Waals surface area contributed by atoms with Gasteiger partial charge in [0.2, 0.25) is 5.91 Å². The van der Waals surface area contributed by atoms with Crippen molar-refractivity contribution in [1.82, 2.24) is 5.32 Å². The highest BCUT2D eigenvalue weighted by atomic mass is 16.7. The third-order valence-corrected chi connectivity index (χ3v) is 8.53. The lowest BCUT2D eigenvalue weighted by Crippen LogP contribution is -2.63. The lowest BCUT2D eigenvalue weighted by Gasteiger charge is -2.46. The Kier molecular flexibility index (Phi) is 16.0. The molecule has 13 heteroatoms. The molecule has 10 atom stereocenters. The monoisotopic (exact) mass is 580 g/mol. The van der Waals surface area contributed by atoms with E-state index in [4.69, 9.17) is 18.9 Å². The fourth-order valence-electron chi connectivity index (χ4n) is 5.57. The summed E-state index contributed by atoms with van der Waals surface area (Å²) in [7, 11) is 1.21. The Hall–Kier alpha value is -1.42. The maximum atomic E-state index is 11.6. The van der Waals surface area contributed by atoms with Gasteiger partial charge in [0, 0.05) is 25.9 Å². The number of amides is 1. The summed E-state index contributed by atoms with van der Waals surface area (Å²) in [5.74, 6) is -3.25. The van der Waals surface area contributed by atoms with Gasteiger partial charge in [-0.1, -0.05) is 6.92 Å². The van der Waals surface area contributed by atoms with Gasteiger partial charge in [-0.05, 0) is 34.1 Å². The van der Waals surface area contributed by atoms with E-state index >= 15 is 0 Å². The van der Waals surface area contributed by atoms with E-state index in [2.05, 4.69) is 33.0 Å². The first-order valence-electron chi connectivity index (χ1n) is 14.3. The van der Waals surface area contributed by atoms with E-state index in [9.17, 15) is 35.1 Å². The second-order valence-electron chi connectivity index (χ2n) is 10.5. The summed E-state index contributed by atoms with van der Waals surface area (Å²) in [6.45, 7) is 16.2. The number of quaternary nitrogens is 1. The molecule has 0 bridgehead atoms. The van der Waals surface area contributed by atoms with Gasteiger partial charge in [0.25, 0.3) is 0 Å². The average Bonchev–Trinajstić information content (AvgIpc) is 2.94. The molecule has 236 valence electrons. The van der Waals surface area contributed by atoms with Crippen LogP contribution in [0.2, 0.25) is 0 Å². The third kappa shape index (κ3) is 9.30. The van der Waals surface area contributed by atoms with Gasteiger partial charge < -0.3 is 54.3 Å². The summed E-state index contributed by atoms with van der Waals surface area (Å²) >= 11 is 0. The van der Waals surface area contributed by atoms with Gasteiger partial charge in [-0.15, -0.1) is 6.61 Å². The molecule has 2 rings (SSSR count). The summed E-state index contributed by atoms with van der Waals surface area (Å²) in [6, 6.07) is -0.633. The normalized spacial score (nSPS) is 34.5. The number of ether oxygens (including phenoxy) is 4. The number of carboxylic acids is 1. The fraction of sp³-hybridized carbons (Fsp3) is 0.926. The van der Waals surface area contributed by atoms with Crippen molar-refractivity contribution in [3.05, 3.63) is 0 Å². The Morgan fingerprint density at radius 1 is 0.875 bits per heavy atom. The van der Waals surface area contributed by atoms with Gasteiger partial charge in [0.1, 0.15) is 12.2 Å². The number of rotatable bonds is 13. The molecule has 0 radical (unpaired) electrons. The molecule has 0 aromatic heterocycles. The molecule has 0 aromatic carbocycles. The number of aliphatic carboxylic acids is 1. The van der Waals surface area contributed by atoms with Crippen LogP contribution in [0, 0.1) is 11.8 Å². The lowest BCUT2D eigenvalue weighted by molar-refractivity contribution is -0.921. The fourth-order valence-corrected chi connectivity index (χ4v) is 5.57. The maximum Gasteiger partial charge on any atom is 0.333 e. The van der Waals surface area contributed by atoms with Crippen molar-refractivity contribution in [1.29, 1.82) is 0 Å². The molecule has 5 N–H and O–H groups in total. The molecule has 2 fully saturated rings. The van der Waals surface area contributed by atoms with Gasteiger partial charge >= 0.3 is 5.97 Å². The number of carboxylic acid groups (broad SMARTS) is 1. The van der Waals surface area contributed by atoms with Gasteiger partial charge in [-0.3, -0.25) is 4.79 Å². The smallest absolute Gasteiger partial charge is 0.333 e. The average molecular weight is 581 g/mol. The van der Waals surface area contributed by atoms with Crippen LogP contribution in [-0.4, -0.2) is 139 Å². The molecule has 0 aromatic rings. The highest BCUT2D eigenvalue weighted by molar-refractivity contribution is 5.73. The molecule has 2 aliphatic rings. The van der Waals surface area contributed by atoms with Crippen LogP contribution in [0.5, 0.6) is 0 Å². The molecule has 2 saturated heterocycles. The van der Waals surface area contributed by atoms with Gasteiger partial charge in [0.05, 0.1) is 63.7 Å². The number of carbonyl (C=O) groups excluding carboxylic acids is 1.